The molecule has 0 aromatic heterocycles. The molecule has 2 atom stereocenters. The van der Waals surface area contributed by atoms with Crippen molar-refractivity contribution in [2.24, 2.45) is 0 Å². The van der Waals surface area contributed by atoms with E-state index in [9.17, 15) is 9.90 Å². The number of amides is 1. The molecule has 0 aliphatic carbocycles. The summed E-state index contributed by atoms with van der Waals surface area (Å²) in [4.78, 5) is 11.8. The second kappa shape index (κ2) is 5.10. The summed E-state index contributed by atoms with van der Waals surface area (Å²) in [6.45, 7) is 2.00. The van der Waals surface area contributed by atoms with Gasteiger partial charge in [0.1, 0.15) is 6.10 Å². The Morgan fingerprint density at radius 1 is 1.15 bits per heavy atom. The molecule has 1 aliphatic heterocycles. The number of benzene rings is 2. The Morgan fingerprint density at radius 2 is 1.90 bits per heavy atom. The summed E-state index contributed by atoms with van der Waals surface area (Å²) < 4.78 is 0. The van der Waals surface area contributed by atoms with Gasteiger partial charge in [-0.15, -0.1) is 0 Å². The average Bonchev–Trinajstić information content (AvgIpc) is 2.81. The van der Waals surface area contributed by atoms with E-state index in [1.165, 1.54) is 0 Å². The van der Waals surface area contributed by atoms with Crippen LogP contribution in [-0.2, 0) is 4.79 Å². The van der Waals surface area contributed by atoms with Crippen LogP contribution in [0.2, 0.25) is 0 Å². The number of hydrogen-bond donors (Lipinski definition) is 2. The maximum absolute atomic E-state index is 11.8. The number of anilines is 1. The van der Waals surface area contributed by atoms with Crippen LogP contribution in [0.5, 0.6) is 0 Å². The predicted molar refractivity (Wildman–Crippen MR) is 78.6 cm³/mol. The fraction of sp³-hybridized carbons (Fsp3) is 0.235. The van der Waals surface area contributed by atoms with E-state index >= 15 is 0 Å². The first-order chi connectivity index (χ1) is 9.70. The zero-order valence-electron chi connectivity index (χ0n) is 11.3. The van der Waals surface area contributed by atoms with Crippen LogP contribution in [0.1, 0.15) is 42.1 Å². The summed E-state index contributed by atoms with van der Waals surface area (Å²) in [7, 11) is 0. The number of hydrogen-bond acceptors (Lipinski definition) is 2. The van der Waals surface area contributed by atoms with E-state index < -0.39 is 6.10 Å². The molecule has 0 spiro atoms. The van der Waals surface area contributed by atoms with Crippen molar-refractivity contribution < 1.29 is 9.90 Å². The van der Waals surface area contributed by atoms with Gasteiger partial charge in [0.2, 0.25) is 5.91 Å². The van der Waals surface area contributed by atoms with Gasteiger partial charge < -0.3 is 10.4 Å². The monoisotopic (exact) mass is 267 g/mol. The van der Waals surface area contributed by atoms with E-state index in [2.05, 4.69) is 5.32 Å². The van der Waals surface area contributed by atoms with E-state index in [1.807, 2.05) is 55.5 Å². The third kappa shape index (κ3) is 2.10. The number of aliphatic hydroxyl groups is 1. The molecule has 1 aliphatic rings. The van der Waals surface area contributed by atoms with Crippen LogP contribution in [-0.4, -0.2) is 11.0 Å². The molecule has 0 saturated heterocycles. The van der Waals surface area contributed by atoms with Crippen molar-refractivity contribution in [2.75, 3.05) is 5.32 Å². The summed E-state index contributed by atoms with van der Waals surface area (Å²) >= 11 is 0. The van der Waals surface area contributed by atoms with Crippen molar-refractivity contribution in [3.05, 3.63) is 65.2 Å². The summed E-state index contributed by atoms with van der Waals surface area (Å²) in [6.07, 6.45) is 0.110. The first kappa shape index (κ1) is 12.9. The molecule has 0 saturated carbocycles. The van der Waals surface area contributed by atoms with Crippen LogP contribution in [0.15, 0.2) is 48.5 Å². The lowest BCUT2D eigenvalue weighted by Crippen LogP contribution is -2.10. The smallest absolute Gasteiger partial charge is 0.231 e. The molecule has 0 fully saturated rings. The minimum absolute atomic E-state index is 0.0499. The maximum Gasteiger partial charge on any atom is 0.231 e. The fourth-order valence-corrected chi connectivity index (χ4v) is 2.75. The number of fused-ring (bicyclic) bond motifs is 1. The van der Waals surface area contributed by atoms with Gasteiger partial charge in [-0.25, -0.2) is 0 Å². The van der Waals surface area contributed by atoms with Crippen LogP contribution < -0.4 is 5.32 Å². The number of rotatable bonds is 3. The van der Waals surface area contributed by atoms with E-state index in [0.717, 1.165) is 28.8 Å². The Kier molecular flexibility index (Phi) is 3.28. The first-order valence-electron chi connectivity index (χ1n) is 6.88. The van der Waals surface area contributed by atoms with Crippen molar-refractivity contribution in [2.45, 2.75) is 25.4 Å². The fourth-order valence-electron chi connectivity index (χ4n) is 2.75. The van der Waals surface area contributed by atoms with Gasteiger partial charge >= 0.3 is 0 Å². The van der Waals surface area contributed by atoms with Crippen molar-refractivity contribution in [1.82, 2.24) is 0 Å². The third-order valence-corrected chi connectivity index (χ3v) is 3.86. The second-order valence-electron chi connectivity index (χ2n) is 5.11. The van der Waals surface area contributed by atoms with Crippen LogP contribution in [0.4, 0.5) is 5.69 Å². The Morgan fingerprint density at radius 3 is 2.60 bits per heavy atom. The minimum Gasteiger partial charge on any atom is -0.384 e. The Bertz CT molecular complexity index is 637. The van der Waals surface area contributed by atoms with Gasteiger partial charge in [-0.2, -0.15) is 0 Å². The highest BCUT2D eigenvalue weighted by atomic mass is 16.3. The molecule has 102 valence electrons. The van der Waals surface area contributed by atoms with Crippen LogP contribution in [0.3, 0.4) is 0 Å². The van der Waals surface area contributed by atoms with Crippen LogP contribution in [0.25, 0.3) is 0 Å². The van der Waals surface area contributed by atoms with Gasteiger partial charge in [0.05, 0.1) is 5.92 Å². The van der Waals surface area contributed by atoms with Crippen molar-refractivity contribution in [3.8, 4) is 0 Å². The largest absolute Gasteiger partial charge is 0.384 e. The molecule has 3 nitrogen and oxygen atoms in total. The second-order valence-corrected chi connectivity index (χ2v) is 5.11. The van der Waals surface area contributed by atoms with Crippen LogP contribution >= 0.6 is 0 Å². The quantitative estimate of drug-likeness (QED) is 0.897. The van der Waals surface area contributed by atoms with Crippen molar-refractivity contribution >= 4 is 11.6 Å². The highest BCUT2D eigenvalue weighted by Gasteiger charge is 2.29. The number of carbonyl (C=O) groups is 1. The molecule has 1 amide bonds. The normalized spacial score (nSPS) is 18.5. The summed E-state index contributed by atoms with van der Waals surface area (Å²) in [6, 6.07) is 15.2. The zero-order valence-corrected chi connectivity index (χ0v) is 11.3. The molecule has 2 N–H and O–H groups in total. The molecule has 0 radical (unpaired) electrons. The summed E-state index contributed by atoms with van der Waals surface area (Å²) in [5, 5.41) is 13.3. The SMILES string of the molecule is CCC1C(=O)Nc2ccc(C(O)c3ccccc3)cc21. The maximum atomic E-state index is 11.8. The topological polar surface area (TPSA) is 49.3 Å². The molecule has 3 rings (SSSR count). The van der Waals surface area contributed by atoms with Gasteiger partial charge in [0.15, 0.2) is 0 Å². The Balaban J connectivity index is 1.97. The number of nitrogens with one attached hydrogen (secondary N) is 1. The third-order valence-electron chi connectivity index (χ3n) is 3.86. The van der Waals surface area contributed by atoms with Crippen molar-refractivity contribution in [3.63, 3.8) is 0 Å². The standard InChI is InChI=1S/C17H17NO2/c1-2-13-14-10-12(8-9-15(14)18-17(13)20)16(19)11-6-4-3-5-7-11/h3-10,13,16,19H,2H2,1H3,(H,18,20). The molecule has 20 heavy (non-hydrogen) atoms. The molecule has 1 heterocycles. The van der Waals surface area contributed by atoms with Gasteiger partial charge in [-0.05, 0) is 35.2 Å². The molecular weight excluding hydrogens is 250 g/mol. The molecular formula is C17H17NO2. The number of aliphatic hydroxyl groups excluding tert-OH is 1. The van der Waals surface area contributed by atoms with Gasteiger partial charge in [0, 0.05) is 5.69 Å². The van der Waals surface area contributed by atoms with E-state index in [-0.39, 0.29) is 11.8 Å². The lowest BCUT2D eigenvalue weighted by Gasteiger charge is -2.13. The van der Waals surface area contributed by atoms with Gasteiger partial charge in [-0.3, -0.25) is 4.79 Å². The van der Waals surface area contributed by atoms with Crippen LogP contribution in [0, 0.1) is 0 Å². The van der Waals surface area contributed by atoms with E-state index in [4.69, 9.17) is 0 Å². The van der Waals surface area contributed by atoms with E-state index in [1.54, 1.807) is 0 Å². The number of carbonyl (C=O) groups excluding carboxylic acids is 1. The summed E-state index contributed by atoms with van der Waals surface area (Å²) in [5.74, 6) is -0.0539. The molecule has 2 unspecified atom stereocenters. The van der Waals surface area contributed by atoms with Gasteiger partial charge in [0.25, 0.3) is 0 Å². The van der Waals surface area contributed by atoms with Gasteiger partial charge in [-0.1, -0.05) is 43.3 Å². The Hall–Kier alpha value is -2.13. The zero-order chi connectivity index (χ0) is 14.1. The van der Waals surface area contributed by atoms with Crippen molar-refractivity contribution in [1.29, 1.82) is 0 Å². The lowest BCUT2D eigenvalue weighted by molar-refractivity contribution is -0.117. The minimum atomic E-state index is -0.658. The molecule has 2 aromatic rings. The van der Waals surface area contributed by atoms with E-state index in [0.29, 0.717) is 0 Å². The Labute approximate surface area is 118 Å². The molecule has 2 aromatic carbocycles. The lowest BCUT2D eigenvalue weighted by atomic mass is 9.93. The molecule has 0 bridgehead atoms. The highest BCUT2D eigenvalue weighted by Crippen LogP contribution is 2.37. The summed E-state index contributed by atoms with van der Waals surface area (Å²) in [5.41, 5.74) is 3.54. The first-order valence-corrected chi connectivity index (χ1v) is 6.88. The highest BCUT2D eigenvalue weighted by molar-refractivity contribution is 6.02. The molecule has 3 heteroatoms. The predicted octanol–water partition coefficient (Wildman–Crippen LogP) is 3.21. The average molecular weight is 267 g/mol.